The molecule has 1 aliphatic heterocycles. The van der Waals surface area contributed by atoms with Gasteiger partial charge in [-0.15, -0.1) is 0 Å². The standard InChI is InChI=1S/C12H22N2O2S2/c1-2-18(15,16)8-7-13-11-14-9-12(10-17-11)5-3-4-6-12/h2-10H2,1H3,(H,13,14). The van der Waals surface area contributed by atoms with E-state index >= 15 is 0 Å². The van der Waals surface area contributed by atoms with E-state index in [1.807, 2.05) is 0 Å². The van der Waals surface area contributed by atoms with Gasteiger partial charge in [-0.2, -0.15) is 0 Å². The molecule has 1 N–H and O–H groups in total. The van der Waals surface area contributed by atoms with E-state index in [2.05, 4.69) is 10.3 Å². The van der Waals surface area contributed by atoms with Crippen LogP contribution in [0.3, 0.4) is 0 Å². The van der Waals surface area contributed by atoms with E-state index in [1.54, 1.807) is 18.7 Å². The number of rotatable bonds is 4. The van der Waals surface area contributed by atoms with Crippen LogP contribution in [0.1, 0.15) is 32.6 Å². The molecule has 2 rings (SSSR count). The Morgan fingerprint density at radius 3 is 2.67 bits per heavy atom. The van der Waals surface area contributed by atoms with Crippen molar-refractivity contribution in [2.24, 2.45) is 10.4 Å². The molecule has 0 atom stereocenters. The van der Waals surface area contributed by atoms with Crippen molar-refractivity contribution in [2.75, 3.05) is 30.3 Å². The minimum Gasteiger partial charge on any atom is -0.364 e. The summed E-state index contributed by atoms with van der Waals surface area (Å²) in [5.41, 5.74) is 0.450. The Morgan fingerprint density at radius 2 is 2.11 bits per heavy atom. The predicted octanol–water partition coefficient (Wildman–Crippen LogP) is 1.67. The zero-order valence-electron chi connectivity index (χ0n) is 10.9. The van der Waals surface area contributed by atoms with Crippen LogP contribution in [0.25, 0.3) is 0 Å². The number of hydrogen-bond donors (Lipinski definition) is 1. The molecule has 1 fully saturated rings. The van der Waals surface area contributed by atoms with Crippen LogP contribution in [0.2, 0.25) is 0 Å². The van der Waals surface area contributed by atoms with Gasteiger partial charge in [-0.3, -0.25) is 4.99 Å². The summed E-state index contributed by atoms with van der Waals surface area (Å²) >= 11 is 1.76. The average molecular weight is 290 g/mol. The summed E-state index contributed by atoms with van der Waals surface area (Å²) in [7, 11) is -2.87. The van der Waals surface area contributed by atoms with Crippen LogP contribution in [0.15, 0.2) is 4.99 Å². The van der Waals surface area contributed by atoms with Crippen LogP contribution in [0, 0.1) is 5.41 Å². The van der Waals surface area contributed by atoms with E-state index in [4.69, 9.17) is 0 Å². The summed E-state index contributed by atoms with van der Waals surface area (Å²) in [5.74, 6) is 1.56. The lowest BCUT2D eigenvalue weighted by Gasteiger charge is -2.31. The van der Waals surface area contributed by atoms with Gasteiger partial charge in [-0.05, 0) is 18.3 Å². The molecule has 18 heavy (non-hydrogen) atoms. The fourth-order valence-electron chi connectivity index (χ4n) is 2.54. The van der Waals surface area contributed by atoms with E-state index in [0.717, 1.165) is 17.5 Å². The Labute approximate surface area is 114 Å². The molecule has 1 saturated carbocycles. The number of thioether (sulfide) groups is 1. The lowest BCUT2D eigenvalue weighted by atomic mass is 9.89. The monoisotopic (exact) mass is 290 g/mol. The minimum atomic E-state index is -2.87. The van der Waals surface area contributed by atoms with Crippen LogP contribution in [0.5, 0.6) is 0 Å². The van der Waals surface area contributed by atoms with Crippen molar-refractivity contribution in [3.63, 3.8) is 0 Å². The van der Waals surface area contributed by atoms with E-state index in [1.165, 1.54) is 25.7 Å². The topological polar surface area (TPSA) is 58.5 Å². The summed E-state index contributed by atoms with van der Waals surface area (Å²) in [6, 6.07) is 0. The van der Waals surface area contributed by atoms with Gasteiger partial charge in [0, 0.05) is 24.6 Å². The first-order chi connectivity index (χ1) is 8.55. The number of amidine groups is 1. The van der Waals surface area contributed by atoms with Crippen LogP contribution >= 0.6 is 11.8 Å². The molecule has 0 saturated heterocycles. The SMILES string of the molecule is CCS(=O)(=O)CCNC1=NCC2(CCCC2)CS1. The maximum absolute atomic E-state index is 11.4. The quantitative estimate of drug-likeness (QED) is 0.856. The molecule has 1 spiro atoms. The van der Waals surface area contributed by atoms with Crippen molar-refractivity contribution in [2.45, 2.75) is 32.6 Å². The third-order valence-electron chi connectivity index (χ3n) is 3.87. The Kier molecular flexibility index (Phi) is 4.59. The Balaban J connectivity index is 1.77. The summed E-state index contributed by atoms with van der Waals surface area (Å²) < 4.78 is 22.7. The molecule has 0 radical (unpaired) electrons. The van der Waals surface area contributed by atoms with Gasteiger partial charge >= 0.3 is 0 Å². The third-order valence-corrected chi connectivity index (χ3v) is 6.88. The van der Waals surface area contributed by atoms with Gasteiger partial charge in [0.25, 0.3) is 0 Å². The summed E-state index contributed by atoms with van der Waals surface area (Å²) in [6.07, 6.45) is 5.29. The van der Waals surface area contributed by atoms with Crippen LogP contribution in [-0.4, -0.2) is 43.9 Å². The number of nitrogens with one attached hydrogen (secondary N) is 1. The van der Waals surface area contributed by atoms with Crippen LogP contribution in [0.4, 0.5) is 0 Å². The molecule has 0 bridgehead atoms. The smallest absolute Gasteiger partial charge is 0.156 e. The van der Waals surface area contributed by atoms with E-state index in [-0.39, 0.29) is 11.5 Å². The summed E-state index contributed by atoms with van der Waals surface area (Å²) in [4.78, 5) is 4.58. The van der Waals surface area contributed by atoms with Gasteiger partial charge in [-0.25, -0.2) is 8.42 Å². The molecule has 1 heterocycles. The second-order valence-corrected chi connectivity index (χ2v) is 8.72. The zero-order valence-corrected chi connectivity index (χ0v) is 12.6. The second-order valence-electron chi connectivity index (χ2n) is 5.28. The molecule has 2 aliphatic rings. The fourth-order valence-corrected chi connectivity index (χ4v) is 4.43. The van der Waals surface area contributed by atoms with Crippen LogP contribution in [-0.2, 0) is 9.84 Å². The van der Waals surface area contributed by atoms with Crippen molar-refractivity contribution in [3.8, 4) is 0 Å². The normalized spacial score (nSPS) is 23.1. The molecule has 0 amide bonds. The van der Waals surface area contributed by atoms with E-state index in [0.29, 0.717) is 12.0 Å². The van der Waals surface area contributed by atoms with Gasteiger partial charge in [0.2, 0.25) is 0 Å². The van der Waals surface area contributed by atoms with Gasteiger partial charge in [0.1, 0.15) is 0 Å². The lowest BCUT2D eigenvalue weighted by molar-refractivity contribution is 0.358. The Bertz CT molecular complexity index is 412. The molecular weight excluding hydrogens is 268 g/mol. The number of sulfone groups is 1. The molecule has 0 aromatic carbocycles. The maximum atomic E-state index is 11.4. The number of hydrogen-bond acceptors (Lipinski definition) is 5. The number of nitrogens with zero attached hydrogens (tertiary/aromatic N) is 1. The Hall–Kier alpha value is -0.230. The molecule has 6 heteroatoms. The molecule has 0 aromatic rings. The highest BCUT2D eigenvalue weighted by molar-refractivity contribution is 8.13. The third kappa shape index (κ3) is 3.63. The summed E-state index contributed by atoms with van der Waals surface area (Å²) in [6.45, 7) is 3.09. The lowest BCUT2D eigenvalue weighted by Crippen LogP contribution is -2.35. The maximum Gasteiger partial charge on any atom is 0.156 e. The van der Waals surface area contributed by atoms with Gasteiger partial charge in [-0.1, -0.05) is 31.5 Å². The molecule has 4 nitrogen and oxygen atoms in total. The minimum absolute atomic E-state index is 0.203. The van der Waals surface area contributed by atoms with E-state index < -0.39 is 9.84 Å². The van der Waals surface area contributed by atoms with Crippen LogP contribution < -0.4 is 5.32 Å². The van der Waals surface area contributed by atoms with Crippen molar-refractivity contribution in [1.29, 1.82) is 0 Å². The Morgan fingerprint density at radius 1 is 1.39 bits per heavy atom. The molecule has 0 aromatic heterocycles. The van der Waals surface area contributed by atoms with Gasteiger partial charge in [0.05, 0.1) is 5.75 Å². The van der Waals surface area contributed by atoms with Gasteiger partial charge < -0.3 is 5.32 Å². The van der Waals surface area contributed by atoms with Crippen molar-refractivity contribution in [1.82, 2.24) is 5.32 Å². The fraction of sp³-hybridized carbons (Fsp3) is 0.917. The van der Waals surface area contributed by atoms with Crippen molar-refractivity contribution >= 4 is 26.8 Å². The molecule has 104 valence electrons. The first-order valence-electron chi connectivity index (χ1n) is 6.67. The first kappa shape index (κ1) is 14.2. The second kappa shape index (κ2) is 5.82. The highest BCUT2D eigenvalue weighted by Gasteiger charge is 2.36. The number of aliphatic imine (C=N–C) groups is 1. The van der Waals surface area contributed by atoms with Crippen molar-refractivity contribution < 1.29 is 8.42 Å². The first-order valence-corrected chi connectivity index (χ1v) is 9.48. The van der Waals surface area contributed by atoms with Crippen molar-refractivity contribution in [3.05, 3.63) is 0 Å². The largest absolute Gasteiger partial charge is 0.364 e. The predicted molar refractivity (Wildman–Crippen MR) is 78.0 cm³/mol. The molecular formula is C12H22N2O2S2. The highest BCUT2D eigenvalue weighted by Crippen LogP contribution is 2.43. The molecule has 1 aliphatic carbocycles. The zero-order chi connectivity index (χ0) is 13.1. The highest BCUT2D eigenvalue weighted by atomic mass is 32.2. The van der Waals surface area contributed by atoms with E-state index in [9.17, 15) is 8.42 Å². The summed E-state index contributed by atoms with van der Waals surface area (Å²) in [5, 5.41) is 4.08. The average Bonchev–Trinajstić information content (AvgIpc) is 2.81. The molecule has 0 unspecified atom stereocenters. The van der Waals surface area contributed by atoms with Gasteiger partial charge in [0.15, 0.2) is 15.0 Å².